The van der Waals surface area contributed by atoms with Crippen molar-refractivity contribution in [2.24, 2.45) is 0 Å². The first-order valence-corrected chi connectivity index (χ1v) is 5.30. The van der Waals surface area contributed by atoms with Crippen LogP contribution in [0.2, 0.25) is 0 Å². The summed E-state index contributed by atoms with van der Waals surface area (Å²) in [7, 11) is 0. The van der Waals surface area contributed by atoms with Crippen LogP contribution >= 0.6 is 0 Å². The van der Waals surface area contributed by atoms with Gasteiger partial charge in [0.15, 0.2) is 0 Å². The highest BCUT2D eigenvalue weighted by atomic mass is 19.1. The van der Waals surface area contributed by atoms with Crippen molar-refractivity contribution in [3.05, 3.63) is 35.8 Å². The Labute approximate surface area is 97.5 Å². The minimum absolute atomic E-state index is 0.139. The van der Waals surface area contributed by atoms with Gasteiger partial charge in [0.2, 0.25) is 0 Å². The number of hydrogen-bond donors (Lipinski definition) is 3. The molecule has 1 atom stereocenters. The van der Waals surface area contributed by atoms with Crippen LogP contribution in [0.15, 0.2) is 24.3 Å². The summed E-state index contributed by atoms with van der Waals surface area (Å²) >= 11 is 0. The average Bonchev–Trinajstić information content (AvgIpc) is 2.74. The summed E-state index contributed by atoms with van der Waals surface area (Å²) in [5.74, 6) is -0.727. The molecule has 0 spiro atoms. The molecule has 1 aromatic carbocycles. The van der Waals surface area contributed by atoms with Crippen LogP contribution in [0.25, 0.3) is 10.9 Å². The summed E-state index contributed by atoms with van der Waals surface area (Å²) in [6.07, 6.45) is 0. The van der Waals surface area contributed by atoms with Crippen LogP contribution in [0.4, 0.5) is 4.39 Å². The summed E-state index contributed by atoms with van der Waals surface area (Å²) in [6, 6.07) is 5.74. The maximum Gasteiger partial charge on any atom is 0.268 e. The molecule has 0 saturated carbocycles. The zero-order valence-corrected chi connectivity index (χ0v) is 9.33. The molecule has 1 amide bonds. The number of benzene rings is 1. The van der Waals surface area contributed by atoms with Gasteiger partial charge in [0.1, 0.15) is 11.5 Å². The standard InChI is InChI=1S/C12H13FN2O2/c1-7(6-16)14-12(17)11-5-8-9(13)3-2-4-10(8)15-11/h2-5,7,15-16H,6H2,1H3,(H,14,17). The van der Waals surface area contributed by atoms with Gasteiger partial charge in [-0.2, -0.15) is 0 Å². The second-order valence-corrected chi connectivity index (χ2v) is 3.94. The van der Waals surface area contributed by atoms with Gasteiger partial charge in [0.25, 0.3) is 5.91 Å². The van der Waals surface area contributed by atoms with Crippen LogP contribution < -0.4 is 5.32 Å². The van der Waals surface area contributed by atoms with Gasteiger partial charge < -0.3 is 15.4 Å². The van der Waals surface area contributed by atoms with E-state index >= 15 is 0 Å². The van der Waals surface area contributed by atoms with E-state index in [1.54, 1.807) is 19.1 Å². The number of aliphatic hydroxyl groups is 1. The second-order valence-electron chi connectivity index (χ2n) is 3.94. The second kappa shape index (κ2) is 4.55. The first-order chi connectivity index (χ1) is 8.11. The highest BCUT2D eigenvalue weighted by Gasteiger charge is 2.13. The van der Waals surface area contributed by atoms with Crippen molar-refractivity contribution in [2.45, 2.75) is 13.0 Å². The summed E-state index contributed by atoms with van der Waals surface area (Å²) < 4.78 is 13.4. The minimum Gasteiger partial charge on any atom is -0.394 e. The normalized spacial score (nSPS) is 12.6. The molecule has 2 aromatic rings. The van der Waals surface area contributed by atoms with Gasteiger partial charge in [-0.25, -0.2) is 4.39 Å². The molecule has 0 aliphatic carbocycles. The lowest BCUT2D eigenvalue weighted by atomic mass is 10.2. The van der Waals surface area contributed by atoms with Crippen molar-refractivity contribution in [1.29, 1.82) is 0 Å². The molecule has 1 unspecified atom stereocenters. The number of carbonyl (C=O) groups excluding carboxylic acids is 1. The summed E-state index contributed by atoms with van der Waals surface area (Å²) in [5.41, 5.74) is 0.859. The van der Waals surface area contributed by atoms with Crippen molar-refractivity contribution >= 4 is 16.8 Å². The monoisotopic (exact) mass is 236 g/mol. The van der Waals surface area contributed by atoms with Crippen LogP contribution in [-0.2, 0) is 0 Å². The van der Waals surface area contributed by atoms with E-state index in [1.807, 2.05) is 0 Å². The van der Waals surface area contributed by atoms with E-state index in [0.29, 0.717) is 10.9 Å². The fourth-order valence-electron chi connectivity index (χ4n) is 1.59. The molecule has 90 valence electrons. The molecule has 3 N–H and O–H groups in total. The lowest BCUT2D eigenvalue weighted by Crippen LogP contribution is -2.35. The third-order valence-electron chi connectivity index (χ3n) is 2.51. The van der Waals surface area contributed by atoms with Crippen LogP contribution in [0.1, 0.15) is 17.4 Å². The molecule has 5 heteroatoms. The van der Waals surface area contributed by atoms with Gasteiger partial charge >= 0.3 is 0 Å². The Morgan fingerprint density at radius 2 is 2.35 bits per heavy atom. The van der Waals surface area contributed by atoms with E-state index in [2.05, 4.69) is 10.3 Å². The molecule has 1 aromatic heterocycles. The molecule has 0 aliphatic heterocycles. The molecule has 0 fully saturated rings. The number of aromatic amines is 1. The largest absolute Gasteiger partial charge is 0.394 e. The number of carbonyl (C=O) groups is 1. The van der Waals surface area contributed by atoms with Crippen LogP contribution in [0, 0.1) is 5.82 Å². The number of H-pyrrole nitrogens is 1. The first kappa shape index (κ1) is 11.6. The number of aromatic nitrogens is 1. The number of rotatable bonds is 3. The Hall–Kier alpha value is -1.88. The Kier molecular flexibility index (Phi) is 3.10. The van der Waals surface area contributed by atoms with E-state index in [4.69, 9.17) is 5.11 Å². The number of fused-ring (bicyclic) bond motifs is 1. The van der Waals surface area contributed by atoms with Crippen LogP contribution in [0.3, 0.4) is 0 Å². The molecule has 0 bridgehead atoms. The average molecular weight is 236 g/mol. The van der Waals surface area contributed by atoms with Crippen LogP contribution in [0.5, 0.6) is 0 Å². The fraction of sp³-hybridized carbons (Fsp3) is 0.250. The smallest absolute Gasteiger partial charge is 0.268 e. The van der Waals surface area contributed by atoms with E-state index in [1.165, 1.54) is 12.1 Å². The molecule has 17 heavy (non-hydrogen) atoms. The maximum absolute atomic E-state index is 13.4. The quantitative estimate of drug-likeness (QED) is 0.754. The fourth-order valence-corrected chi connectivity index (χ4v) is 1.59. The van der Waals surface area contributed by atoms with Crippen molar-refractivity contribution in [2.75, 3.05) is 6.61 Å². The van der Waals surface area contributed by atoms with Crippen molar-refractivity contribution in [3.8, 4) is 0 Å². The number of nitrogens with one attached hydrogen (secondary N) is 2. The van der Waals surface area contributed by atoms with Gasteiger partial charge in [-0.1, -0.05) is 6.07 Å². The summed E-state index contributed by atoms with van der Waals surface area (Å²) in [4.78, 5) is 14.6. The zero-order chi connectivity index (χ0) is 12.4. The maximum atomic E-state index is 13.4. The molecular formula is C12H13FN2O2. The zero-order valence-electron chi connectivity index (χ0n) is 9.33. The van der Waals surface area contributed by atoms with E-state index in [9.17, 15) is 9.18 Å². The van der Waals surface area contributed by atoms with Crippen molar-refractivity contribution in [1.82, 2.24) is 10.3 Å². The van der Waals surface area contributed by atoms with Crippen molar-refractivity contribution < 1.29 is 14.3 Å². The Morgan fingerprint density at radius 3 is 3.00 bits per heavy atom. The molecule has 0 saturated heterocycles. The highest BCUT2D eigenvalue weighted by Crippen LogP contribution is 2.18. The third kappa shape index (κ3) is 2.29. The first-order valence-electron chi connectivity index (χ1n) is 5.30. The van der Waals surface area contributed by atoms with Crippen LogP contribution in [-0.4, -0.2) is 28.6 Å². The van der Waals surface area contributed by atoms with Crippen molar-refractivity contribution in [3.63, 3.8) is 0 Å². The SMILES string of the molecule is CC(CO)NC(=O)c1cc2c(F)cccc2[nH]1. The minimum atomic E-state index is -0.368. The lowest BCUT2D eigenvalue weighted by Gasteiger charge is -2.08. The molecule has 4 nitrogen and oxygen atoms in total. The van der Waals surface area contributed by atoms with E-state index < -0.39 is 0 Å². The predicted octanol–water partition coefficient (Wildman–Crippen LogP) is 1.42. The molecule has 2 rings (SSSR count). The van der Waals surface area contributed by atoms with Gasteiger partial charge in [-0.15, -0.1) is 0 Å². The number of amides is 1. The summed E-state index contributed by atoms with van der Waals surface area (Å²) in [5, 5.41) is 11.8. The Balaban J connectivity index is 2.30. The van der Waals surface area contributed by atoms with Gasteiger partial charge in [0, 0.05) is 16.9 Å². The van der Waals surface area contributed by atoms with Gasteiger partial charge in [-0.3, -0.25) is 4.79 Å². The summed E-state index contributed by atoms with van der Waals surface area (Å²) in [6.45, 7) is 1.54. The van der Waals surface area contributed by atoms with E-state index in [-0.39, 0.29) is 30.1 Å². The molecular weight excluding hydrogens is 223 g/mol. The predicted molar refractivity (Wildman–Crippen MR) is 62.3 cm³/mol. The van der Waals surface area contributed by atoms with E-state index in [0.717, 1.165) is 0 Å². The van der Waals surface area contributed by atoms with Gasteiger partial charge in [0.05, 0.1) is 6.61 Å². The topological polar surface area (TPSA) is 65.1 Å². The third-order valence-corrected chi connectivity index (χ3v) is 2.51. The molecule has 1 heterocycles. The number of halogens is 1. The molecule has 0 radical (unpaired) electrons. The lowest BCUT2D eigenvalue weighted by molar-refractivity contribution is 0.0918. The Bertz CT molecular complexity index is 550. The number of hydrogen-bond acceptors (Lipinski definition) is 2. The van der Waals surface area contributed by atoms with Gasteiger partial charge in [-0.05, 0) is 25.1 Å². The molecule has 0 aliphatic rings. The Morgan fingerprint density at radius 1 is 1.59 bits per heavy atom. The number of aliphatic hydroxyl groups excluding tert-OH is 1. The highest BCUT2D eigenvalue weighted by molar-refractivity contribution is 5.98.